The third-order valence-corrected chi connectivity index (χ3v) is 6.75. The number of nitrogens with zero attached hydrogens (tertiary/aromatic N) is 3. The Labute approximate surface area is 221 Å². The van der Waals surface area contributed by atoms with Crippen molar-refractivity contribution in [2.75, 3.05) is 0 Å². The highest BCUT2D eigenvalue weighted by Crippen LogP contribution is 2.32. The molecular formula is C34H37N3. The Morgan fingerprint density at radius 2 is 1.35 bits per heavy atom. The van der Waals surface area contributed by atoms with Crippen LogP contribution >= 0.6 is 0 Å². The van der Waals surface area contributed by atoms with Crippen LogP contribution in [-0.4, -0.2) is 16.4 Å². The number of benzene rings is 3. The molecule has 3 aromatic carbocycles. The predicted octanol–water partition coefficient (Wildman–Crippen LogP) is 9.31. The maximum atomic E-state index is 5.19. The van der Waals surface area contributed by atoms with Crippen LogP contribution in [0.1, 0.15) is 58.4 Å². The molecule has 0 aliphatic heterocycles. The Bertz CT molecular complexity index is 1480. The molecule has 0 N–H and O–H groups in total. The fourth-order valence-corrected chi connectivity index (χ4v) is 4.70. The topological polar surface area (TPSA) is 37.6 Å². The van der Waals surface area contributed by atoms with E-state index in [-0.39, 0.29) is 11.3 Å². The number of fused-ring (bicyclic) bond motifs is 1. The second-order valence-corrected chi connectivity index (χ2v) is 10.8. The zero-order valence-corrected chi connectivity index (χ0v) is 22.9. The summed E-state index contributed by atoms with van der Waals surface area (Å²) in [4.78, 5) is 15.3. The van der Waals surface area contributed by atoms with E-state index in [2.05, 4.69) is 102 Å². The van der Waals surface area contributed by atoms with Gasteiger partial charge in [-0.3, -0.25) is 15.0 Å². The van der Waals surface area contributed by atoms with E-state index < -0.39 is 0 Å². The molecule has 0 aliphatic rings. The molecule has 1 heterocycles. The summed E-state index contributed by atoms with van der Waals surface area (Å²) in [5.41, 5.74) is 9.34. The van der Waals surface area contributed by atoms with E-state index >= 15 is 0 Å². The largest absolute Gasteiger partial charge is 0.257 e. The zero-order valence-electron chi connectivity index (χ0n) is 22.9. The lowest BCUT2D eigenvalue weighted by Crippen LogP contribution is -2.23. The smallest absolute Gasteiger partial charge is 0.0705 e. The summed E-state index contributed by atoms with van der Waals surface area (Å²) < 4.78 is 0. The van der Waals surface area contributed by atoms with Crippen LogP contribution < -0.4 is 0 Å². The molecule has 1 atom stereocenters. The first kappa shape index (κ1) is 26.2. The molecule has 3 heteroatoms. The van der Waals surface area contributed by atoms with Crippen molar-refractivity contribution in [3.05, 3.63) is 108 Å². The summed E-state index contributed by atoms with van der Waals surface area (Å²) in [6, 6.07) is 29.2. The van der Waals surface area contributed by atoms with Gasteiger partial charge in [-0.2, -0.15) is 0 Å². The van der Waals surface area contributed by atoms with Gasteiger partial charge in [-0.1, -0.05) is 88.0 Å². The minimum atomic E-state index is -0.000662. The highest BCUT2D eigenvalue weighted by atomic mass is 14.8. The molecule has 4 aromatic rings. The molecule has 0 radical (unpaired) electrons. The van der Waals surface area contributed by atoms with Crippen LogP contribution in [0.4, 0.5) is 11.4 Å². The summed E-state index contributed by atoms with van der Waals surface area (Å²) >= 11 is 0. The molecule has 0 aliphatic carbocycles. The van der Waals surface area contributed by atoms with Crippen LogP contribution in [-0.2, 0) is 11.8 Å². The number of para-hydroxylation sites is 3. The Hall–Kier alpha value is -3.85. The average molecular weight is 488 g/mol. The van der Waals surface area contributed by atoms with Crippen LogP contribution in [0.3, 0.4) is 0 Å². The van der Waals surface area contributed by atoms with Crippen molar-refractivity contribution in [3.8, 4) is 0 Å². The van der Waals surface area contributed by atoms with Crippen LogP contribution in [0.5, 0.6) is 0 Å². The van der Waals surface area contributed by atoms with E-state index in [0.29, 0.717) is 0 Å². The SMILES string of the molecule is C=C(C)c1ccccc1N=C(C)C(Cc1ccc2ccccc2n1)C(C)=Nc1ccccc1C(C)(C)C. The van der Waals surface area contributed by atoms with Gasteiger partial charge in [0.05, 0.1) is 16.9 Å². The van der Waals surface area contributed by atoms with Gasteiger partial charge in [-0.25, -0.2) is 0 Å². The van der Waals surface area contributed by atoms with Crippen LogP contribution in [0.15, 0.2) is 101 Å². The molecule has 1 aromatic heterocycles. The molecule has 3 nitrogen and oxygen atoms in total. The number of hydrogen-bond donors (Lipinski definition) is 0. The number of aromatic nitrogens is 1. The van der Waals surface area contributed by atoms with Crippen molar-refractivity contribution in [1.29, 1.82) is 0 Å². The fourth-order valence-electron chi connectivity index (χ4n) is 4.70. The minimum absolute atomic E-state index is 0.000126. The minimum Gasteiger partial charge on any atom is -0.257 e. The van der Waals surface area contributed by atoms with Crippen LogP contribution in [0.25, 0.3) is 16.5 Å². The van der Waals surface area contributed by atoms with Gasteiger partial charge < -0.3 is 0 Å². The first-order valence-corrected chi connectivity index (χ1v) is 12.9. The van der Waals surface area contributed by atoms with Crippen LogP contribution in [0.2, 0.25) is 0 Å². The number of pyridine rings is 1. The lowest BCUT2D eigenvalue weighted by Gasteiger charge is -2.23. The van der Waals surface area contributed by atoms with Gasteiger partial charge in [0, 0.05) is 40.4 Å². The van der Waals surface area contributed by atoms with Crippen molar-refractivity contribution < 1.29 is 0 Å². The van der Waals surface area contributed by atoms with E-state index in [1.165, 1.54) is 5.56 Å². The quantitative estimate of drug-likeness (QED) is 0.239. The van der Waals surface area contributed by atoms with Gasteiger partial charge >= 0.3 is 0 Å². The summed E-state index contributed by atoms with van der Waals surface area (Å²) in [6.45, 7) is 17.1. The summed E-state index contributed by atoms with van der Waals surface area (Å²) in [5.74, 6) is -0.000126. The molecule has 0 spiro atoms. The van der Waals surface area contributed by atoms with E-state index in [1.54, 1.807) is 0 Å². The summed E-state index contributed by atoms with van der Waals surface area (Å²) in [6.07, 6.45) is 0.725. The predicted molar refractivity (Wildman–Crippen MR) is 161 cm³/mol. The lowest BCUT2D eigenvalue weighted by atomic mass is 9.85. The monoisotopic (exact) mass is 487 g/mol. The fraction of sp³-hybridized carbons (Fsp3) is 0.265. The molecular weight excluding hydrogens is 450 g/mol. The first-order valence-electron chi connectivity index (χ1n) is 12.9. The van der Waals surface area contributed by atoms with E-state index in [0.717, 1.165) is 57.0 Å². The lowest BCUT2D eigenvalue weighted by molar-refractivity contribution is 0.591. The van der Waals surface area contributed by atoms with Crippen molar-refractivity contribution in [2.24, 2.45) is 15.9 Å². The van der Waals surface area contributed by atoms with Crippen LogP contribution in [0, 0.1) is 5.92 Å². The van der Waals surface area contributed by atoms with E-state index in [9.17, 15) is 0 Å². The highest BCUT2D eigenvalue weighted by molar-refractivity contribution is 6.07. The molecule has 37 heavy (non-hydrogen) atoms. The molecule has 0 saturated carbocycles. The van der Waals surface area contributed by atoms with Crippen molar-refractivity contribution >= 4 is 39.3 Å². The Kier molecular flexibility index (Phi) is 7.83. The van der Waals surface area contributed by atoms with Gasteiger partial charge in [-0.05, 0) is 61.6 Å². The first-order chi connectivity index (χ1) is 17.6. The average Bonchev–Trinajstić information content (AvgIpc) is 2.87. The van der Waals surface area contributed by atoms with Crippen molar-refractivity contribution in [3.63, 3.8) is 0 Å². The number of allylic oxidation sites excluding steroid dienone is 1. The molecule has 1 unspecified atom stereocenters. The molecule has 4 rings (SSSR count). The van der Waals surface area contributed by atoms with E-state index in [1.807, 2.05) is 31.2 Å². The van der Waals surface area contributed by atoms with Crippen molar-refractivity contribution in [1.82, 2.24) is 4.98 Å². The normalized spacial score (nSPS) is 13.6. The van der Waals surface area contributed by atoms with Gasteiger partial charge in [0.15, 0.2) is 0 Å². The Morgan fingerprint density at radius 1 is 0.757 bits per heavy atom. The summed E-state index contributed by atoms with van der Waals surface area (Å²) in [5, 5.41) is 1.15. The number of aliphatic imine (C=N–C) groups is 2. The number of hydrogen-bond acceptors (Lipinski definition) is 3. The molecule has 0 fully saturated rings. The van der Waals surface area contributed by atoms with Gasteiger partial charge in [0.25, 0.3) is 0 Å². The molecule has 0 bridgehead atoms. The second kappa shape index (κ2) is 11.0. The highest BCUT2D eigenvalue weighted by Gasteiger charge is 2.21. The summed E-state index contributed by atoms with van der Waals surface area (Å²) in [7, 11) is 0. The van der Waals surface area contributed by atoms with Gasteiger partial charge in [0.2, 0.25) is 0 Å². The zero-order chi connectivity index (χ0) is 26.6. The third kappa shape index (κ3) is 6.29. The number of rotatable bonds is 7. The molecule has 0 amide bonds. The third-order valence-electron chi connectivity index (χ3n) is 6.75. The van der Waals surface area contributed by atoms with Gasteiger partial charge in [0.1, 0.15) is 0 Å². The second-order valence-electron chi connectivity index (χ2n) is 10.8. The maximum Gasteiger partial charge on any atom is 0.0705 e. The maximum absolute atomic E-state index is 5.19. The molecule has 0 saturated heterocycles. The van der Waals surface area contributed by atoms with Gasteiger partial charge in [-0.15, -0.1) is 0 Å². The van der Waals surface area contributed by atoms with E-state index in [4.69, 9.17) is 15.0 Å². The standard InChI is InChI=1S/C34H37N3/c1-23(2)28-15-9-12-18-32(28)35-24(3)29(22-27-21-20-26-14-8-11-17-31(26)37-27)25(4)36-33-19-13-10-16-30(33)34(5,6)7/h8-21,29H,1,22H2,2-7H3. The Balaban J connectivity index is 1.80. The molecule has 188 valence electrons. The Morgan fingerprint density at radius 3 is 2.05 bits per heavy atom. The van der Waals surface area contributed by atoms with Crippen molar-refractivity contribution in [2.45, 2.75) is 53.4 Å².